The lowest BCUT2D eigenvalue weighted by molar-refractivity contribution is -0.121. The lowest BCUT2D eigenvalue weighted by Gasteiger charge is -2.30. The van der Waals surface area contributed by atoms with Crippen LogP contribution >= 0.6 is 15.9 Å². The van der Waals surface area contributed by atoms with Gasteiger partial charge >= 0.3 is 0 Å². The van der Waals surface area contributed by atoms with Gasteiger partial charge in [0.15, 0.2) is 6.61 Å². The second kappa shape index (κ2) is 9.32. The number of carbonyl (C=O) groups is 2. The fourth-order valence-corrected chi connectivity index (χ4v) is 3.76. The first-order valence-corrected chi connectivity index (χ1v) is 10.6. The number of hydrogen-bond donors (Lipinski definition) is 1. The molecule has 0 radical (unpaired) electrons. The van der Waals surface area contributed by atoms with Crippen molar-refractivity contribution in [2.45, 2.75) is 6.54 Å². The Balaban J connectivity index is 1.63. The number of rotatable bonds is 6. The van der Waals surface area contributed by atoms with E-state index in [0.717, 1.165) is 10.0 Å². The second-order valence-electron chi connectivity index (χ2n) is 7.07. The zero-order valence-corrected chi connectivity index (χ0v) is 19.1. The van der Waals surface area contributed by atoms with Gasteiger partial charge in [0.25, 0.3) is 11.8 Å². The van der Waals surface area contributed by atoms with Gasteiger partial charge in [0.2, 0.25) is 0 Å². The molecule has 0 bridgehead atoms. The summed E-state index contributed by atoms with van der Waals surface area (Å²) in [4.78, 5) is 27.3. The summed E-state index contributed by atoms with van der Waals surface area (Å²) in [6.45, 7) is 0.355. The number of halogens is 1. The lowest BCUT2D eigenvalue weighted by atomic mass is 10.1. The van der Waals surface area contributed by atoms with Crippen molar-refractivity contribution in [1.29, 1.82) is 0 Å². The molecule has 0 aromatic heterocycles. The maximum absolute atomic E-state index is 13.0. The van der Waals surface area contributed by atoms with Crippen LogP contribution in [0.4, 0.5) is 11.4 Å². The summed E-state index contributed by atoms with van der Waals surface area (Å²) in [5, 5.41) is 2.87. The molecule has 7 nitrogen and oxygen atoms in total. The van der Waals surface area contributed by atoms with Crippen molar-refractivity contribution in [3.63, 3.8) is 0 Å². The van der Waals surface area contributed by atoms with Gasteiger partial charge in [-0.3, -0.25) is 9.59 Å². The molecular formula is C24H21BrN2O5. The summed E-state index contributed by atoms with van der Waals surface area (Å²) in [5.74, 6) is 0.831. The standard InChI is InChI=1S/C24H21BrN2O5/c1-30-20-4-3-5-21(31-2)23(20)24(29)26-17-10-11-19-18(12-17)27(22(28)14-32-19)13-15-6-8-16(25)9-7-15/h3-12H,13-14H2,1-2H3,(H,26,29). The summed E-state index contributed by atoms with van der Waals surface area (Å²) in [6, 6.07) is 18.1. The summed E-state index contributed by atoms with van der Waals surface area (Å²) < 4.78 is 17.2. The smallest absolute Gasteiger partial charge is 0.265 e. The van der Waals surface area contributed by atoms with Crippen LogP contribution in [0.1, 0.15) is 15.9 Å². The number of fused-ring (bicyclic) bond motifs is 1. The zero-order valence-electron chi connectivity index (χ0n) is 17.6. The number of ether oxygens (including phenoxy) is 3. The molecule has 3 aromatic rings. The van der Waals surface area contributed by atoms with Crippen molar-refractivity contribution in [2.24, 2.45) is 0 Å². The van der Waals surface area contributed by atoms with Crippen LogP contribution < -0.4 is 24.4 Å². The van der Waals surface area contributed by atoms with Crippen molar-refractivity contribution >= 4 is 39.1 Å². The van der Waals surface area contributed by atoms with Gasteiger partial charge in [-0.1, -0.05) is 34.1 Å². The topological polar surface area (TPSA) is 77.1 Å². The SMILES string of the molecule is COc1cccc(OC)c1C(=O)Nc1ccc2c(c1)N(Cc1ccc(Br)cc1)C(=O)CO2. The van der Waals surface area contributed by atoms with Crippen molar-refractivity contribution in [2.75, 3.05) is 31.0 Å². The number of nitrogens with one attached hydrogen (secondary N) is 1. The number of benzene rings is 3. The minimum Gasteiger partial charge on any atom is -0.496 e. The normalized spacial score (nSPS) is 12.6. The molecule has 4 rings (SSSR count). The van der Waals surface area contributed by atoms with E-state index in [1.54, 1.807) is 41.3 Å². The molecule has 3 aromatic carbocycles. The predicted octanol–water partition coefficient (Wildman–Crippen LogP) is 4.64. The molecule has 164 valence electrons. The van der Waals surface area contributed by atoms with Gasteiger partial charge < -0.3 is 24.4 Å². The van der Waals surface area contributed by atoms with Crippen LogP contribution in [0.3, 0.4) is 0 Å². The molecule has 0 saturated carbocycles. The van der Waals surface area contributed by atoms with Crippen LogP contribution in [0.5, 0.6) is 17.2 Å². The third-order valence-electron chi connectivity index (χ3n) is 5.07. The van der Waals surface area contributed by atoms with Crippen LogP contribution in [-0.4, -0.2) is 32.6 Å². The highest BCUT2D eigenvalue weighted by Crippen LogP contribution is 2.36. The van der Waals surface area contributed by atoms with Crippen molar-refractivity contribution < 1.29 is 23.8 Å². The van der Waals surface area contributed by atoms with Gasteiger partial charge in [0.1, 0.15) is 22.8 Å². The maximum atomic E-state index is 13.0. The summed E-state index contributed by atoms with van der Waals surface area (Å²) in [6.07, 6.45) is 0. The Morgan fingerprint density at radius 2 is 1.75 bits per heavy atom. The Kier molecular flexibility index (Phi) is 6.32. The summed E-state index contributed by atoms with van der Waals surface area (Å²) in [5.41, 5.74) is 2.37. The molecule has 8 heteroatoms. The molecule has 1 N–H and O–H groups in total. The van der Waals surface area contributed by atoms with Crippen molar-refractivity contribution in [1.82, 2.24) is 0 Å². The van der Waals surface area contributed by atoms with E-state index < -0.39 is 0 Å². The molecule has 0 unspecified atom stereocenters. The van der Waals surface area contributed by atoms with E-state index in [4.69, 9.17) is 14.2 Å². The number of hydrogen-bond acceptors (Lipinski definition) is 5. The van der Waals surface area contributed by atoms with E-state index in [1.807, 2.05) is 24.3 Å². The van der Waals surface area contributed by atoms with E-state index in [0.29, 0.717) is 35.2 Å². The van der Waals surface area contributed by atoms with Gasteiger partial charge in [-0.25, -0.2) is 0 Å². The molecule has 32 heavy (non-hydrogen) atoms. The first-order valence-electron chi connectivity index (χ1n) is 9.84. The lowest BCUT2D eigenvalue weighted by Crippen LogP contribution is -2.38. The van der Waals surface area contributed by atoms with Crippen molar-refractivity contribution in [3.05, 3.63) is 76.3 Å². The number of carbonyl (C=O) groups excluding carboxylic acids is 2. The molecule has 0 aliphatic carbocycles. The Hall–Kier alpha value is -3.52. The quantitative estimate of drug-likeness (QED) is 0.537. The predicted molar refractivity (Wildman–Crippen MR) is 125 cm³/mol. The fraction of sp³-hybridized carbons (Fsp3) is 0.167. The first kappa shape index (κ1) is 21.7. The van der Waals surface area contributed by atoms with Gasteiger partial charge in [-0.15, -0.1) is 0 Å². The average Bonchev–Trinajstić information content (AvgIpc) is 2.81. The van der Waals surface area contributed by atoms with Crippen LogP contribution in [-0.2, 0) is 11.3 Å². The van der Waals surface area contributed by atoms with Gasteiger partial charge in [0, 0.05) is 10.2 Å². The fourth-order valence-electron chi connectivity index (χ4n) is 3.49. The number of anilines is 2. The van der Waals surface area contributed by atoms with E-state index >= 15 is 0 Å². The van der Waals surface area contributed by atoms with Gasteiger partial charge in [-0.05, 0) is 48.0 Å². The second-order valence-corrected chi connectivity index (χ2v) is 7.98. The van der Waals surface area contributed by atoms with Crippen molar-refractivity contribution in [3.8, 4) is 17.2 Å². The highest BCUT2D eigenvalue weighted by Gasteiger charge is 2.27. The molecule has 2 amide bonds. The molecule has 1 aliphatic rings. The van der Waals surface area contributed by atoms with E-state index in [9.17, 15) is 9.59 Å². The highest BCUT2D eigenvalue weighted by atomic mass is 79.9. The van der Waals surface area contributed by atoms with Gasteiger partial charge in [-0.2, -0.15) is 0 Å². The average molecular weight is 497 g/mol. The summed E-state index contributed by atoms with van der Waals surface area (Å²) in [7, 11) is 2.99. The minimum absolute atomic E-state index is 0.0341. The molecule has 0 spiro atoms. The molecule has 1 heterocycles. The Morgan fingerprint density at radius 1 is 1.06 bits per heavy atom. The summed E-state index contributed by atoms with van der Waals surface area (Å²) >= 11 is 3.42. The highest BCUT2D eigenvalue weighted by molar-refractivity contribution is 9.10. The monoisotopic (exact) mass is 496 g/mol. The molecule has 0 atom stereocenters. The maximum Gasteiger partial charge on any atom is 0.265 e. The molecule has 0 fully saturated rings. The van der Waals surface area contributed by atoms with Crippen LogP contribution in [0.2, 0.25) is 0 Å². The van der Waals surface area contributed by atoms with E-state index in [-0.39, 0.29) is 24.0 Å². The van der Waals surface area contributed by atoms with Crippen LogP contribution in [0.15, 0.2) is 65.1 Å². The number of methoxy groups -OCH3 is 2. The molecule has 0 saturated heterocycles. The number of nitrogens with zero attached hydrogens (tertiary/aromatic N) is 1. The third kappa shape index (κ3) is 4.40. The van der Waals surface area contributed by atoms with Gasteiger partial charge in [0.05, 0.1) is 26.5 Å². The first-order chi connectivity index (χ1) is 15.5. The van der Waals surface area contributed by atoms with E-state index in [1.165, 1.54) is 14.2 Å². The molecule has 1 aliphatic heterocycles. The third-order valence-corrected chi connectivity index (χ3v) is 5.60. The number of amides is 2. The Morgan fingerprint density at radius 3 is 2.41 bits per heavy atom. The van der Waals surface area contributed by atoms with E-state index in [2.05, 4.69) is 21.2 Å². The van der Waals surface area contributed by atoms with Crippen LogP contribution in [0.25, 0.3) is 0 Å². The Labute approximate surface area is 194 Å². The minimum atomic E-state index is -0.387. The largest absolute Gasteiger partial charge is 0.496 e. The molecular weight excluding hydrogens is 476 g/mol. The van der Waals surface area contributed by atoms with Crippen LogP contribution in [0, 0.1) is 0 Å². The Bertz CT molecular complexity index is 1140. The zero-order chi connectivity index (χ0) is 22.7.